The van der Waals surface area contributed by atoms with E-state index in [9.17, 15) is 8.78 Å². The summed E-state index contributed by atoms with van der Waals surface area (Å²) in [6, 6.07) is 2.63. The molecule has 4 heteroatoms. The predicted molar refractivity (Wildman–Crippen MR) is 71.2 cm³/mol. The van der Waals surface area contributed by atoms with E-state index in [1.165, 1.54) is 18.6 Å². The largest absolute Gasteiger partial charge is 0.484 e. The molecular weight excluding hydrogens is 248 g/mol. The Kier molecular flexibility index (Phi) is 4.75. The minimum Gasteiger partial charge on any atom is -0.484 e. The lowest BCUT2D eigenvalue weighted by atomic mass is 9.89. The maximum Gasteiger partial charge on any atom is 0.191 e. The van der Waals surface area contributed by atoms with Crippen molar-refractivity contribution in [3.63, 3.8) is 0 Å². The monoisotopic (exact) mass is 269 g/mol. The van der Waals surface area contributed by atoms with Gasteiger partial charge in [-0.25, -0.2) is 8.78 Å². The van der Waals surface area contributed by atoms with Crippen molar-refractivity contribution in [2.45, 2.75) is 45.1 Å². The number of hydrogen-bond donors (Lipinski definition) is 1. The molecule has 1 saturated carbocycles. The molecule has 0 aromatic heterocycles. The van der Waals surface area contributed by atoms with Gasteiger partial charge < -0.3 is 10.5 Å². The molecule has 0 bridgehead atoms. The van der Waals surface area contributed by atoms with Crippen LogP contribution in [0.4, 0.5) is 8.78 Å². The van der Waals surface area contributed by atoms with Crippen molar-refractivity contribution in [3.8, 4) is 5.75 Å². The molecule has 19 heavy (non-hydrogen) atoms. The van der Waals surface area contributed by atoms with E-state index in [2.05, 4.69) is 6.92 Å². The van der Waals surface area contributed by atoms with Gasteiger partial charge in [0.1, 0.15) is 0 Å². The molecule has 0 saturated heterocycles. The van der Waals surface area contributed by atoms with Crippen LogP contribution in [-0.2, 0) is 6.42 Å². The van der Waals surface area contributed by atoms with E-state index in [0.29, 0.717) is 24.4 Å². The molecule has 0 spiro atoms. The number of ether oxygens (including phenoxy) is 1. The number of nitrogens with two attached hydrogens (primary N) is 1. The van der Waals surface area contributed by atoms with Crippen LogP contribution in [-0.4, -0.2) is 12.6 Å². The number of hydrogen-bond acceptors (Lipinski definition) is 2. The van der Waals surface area contributed by atoms with E-state index in [0.717, 1.165) is 19.3 Å². The van der Waals surface area contributed by atoms with E-state index >= 15 is 0 Å². The van der Waals surface area contributed by atoms with Crippen molar-refractivity contribution in [3.05, 3.63) is 29.3 Å². The highest BCUT2D eigenvalue weighted by atomic mass is 19.1. The van der Waals surface area contributed by atoms with Crippen molar-refractivity contribution in [1.82, 2.24) is 0 Å². The zero-order chi connectivity index (χ0) is 13.8. The number of rotatable bonds is 4. The smallest absolute Gasteiger partial charge is 0.191 e. The van der Waals surface area contributed by atoms with E-state index in [1.807, 2.05) is 0 Å². The lowest BCUT2D eigenvalue weighted by Crippen LogP contribution is -2.25. The molecule has 0 radical (unpaired) electrons. The van der Waals surface area contributed by atoms with Crippen LogP contribution in [0.2, 0.25) is 0 Å². The third-order valence-electron chi connectivity index (χ3n) is 3.66. The van der Waals surface area contributed by atoms with Crippen LogP contribution >= 0.6 is 0 Å². The first-order valence-electron chi connectivity index (χ1n) is 6.94. The van der Waals surface area contributed by atoms with Crippen LogP contribution in [0.5, 0.6) is 5.75 Å². The van der Waals surface area contributed by atoms with Gasteiger partial charge >= 0.3 is 0 Å². The Labute approximate surface area is 112 Å². The fraction of sp³-hybridized carbons (Fsp3) is 0.600. The molecule has 2 atom stereocenters. The molecule has 1 aromatic rings. The average molecular weight is 269 g/mol. The molecule has 0 amide bonds. The predicted octanol–water partition coefficient (Wildman–Crippen LogP) is 3.42. The summed E-state index contributed by atoms with van der Waals surface area (Å²) in [6.07, 6.45) is 4.35. The second-order valence-electron chi connectivity index (χ2n) is 5.44. The summed E-state index contributed by atoms with van der Waals surface area (Å²) < 4.78 is 33.3. The molecule has 106 valence electrons. The van der Waals surface area contributed by atoms with Crippen LogP contribution in [0.15, 0.2) is 12.1 Å². The highest BCUT2D eigenvalue weighted by Gasteiger charge is 2.23. The van der Waals surface area contributed by atoms with Gasteiger partial charge in [-0.3, -0.25) is 0 Å². The lowest BCUT2D eigenvalue weighted by Gasteiger charge is -2.27. The Balaban J connectivity index is 2.11. The molecule has 1 aromatic carbocycles. The van der Waals surface area contributed by atoms with Gasteiger partial charge in [0.05, 0.1) is 6.10 Å². The van der Waals surface area contributed by atoms with Crippen molar-refractivity contribution in [2.24, 2.45) is 11.7 Å². The second-order valence-corrected chi connectivity index (χ2v) is 5.44. The zero-order valence-corrected chi connectivity index (χ0v) is 11.3. The summed E-state index contributed by atoms with van der Waals surface area (Å²) in [6.45, 7) is 2.52. The topological polar surface area (TPSA) is 35.2 Å². The fourth-order valence-corrected chi connectivity index (χ4v) is 2.69. The molecule has 2 N–H and O–H groups in total. The first-order valence-corrected chi connectivity index (χ1v) is 6.94. The molecule has 2 rings (SSSR count). The second kappa shape index (κ2) is 6.33. The van der Waals surface area contributed by atoms with Gasteiger partial charge in [-0.05, 0) is 55.8 Å². The maximum absolute atomic E-state index is 13.9. The Bertz CT molecular complexity index is 413. The highest BCUT2D eigenvalue weighted by Crippen LogP contribution is 2.30. The summed E-state index contributed by atoms with van der Waals surface area (Å²) in [5.41, 5.74) is 5.96. The molecule has 2 nitrogen and oxygen atoms in total. The van der Waals surface area contributed by atoms with Gasteiger partial charge in [0.25, 0.3) is 0 Å². The molecule has 1 fully saturated rings. The van der Waals surface area contributed by atoms with Crippen LogP contribution in [0.1, 0.15) is 38.2 Å². The molecule has 1 aliphatic carbocycles. The normalized spacial score (nSPS) is 23.4. The Morgan fingerprint density at radius 2 is 1.95 bits per heavy atom. The Hall–Kier alpha value is -1.16. The number of halogens is 2. The summed E-state index contributed by atoms with van der Waals surface area (Å²) in [5, 5.41) is 0. The van der Waals surface area contributed by atoms with E-state index in [-0.39, 0.29) is 11.9 Å². The zero-order valence-electron chi connectivity index (χ0n) is 11.3. The highest BCUT2D eigenvalue weighted by molar-refractivity contribution is 5.31. The van der Waals surface area contributed by atoms with Crippen molar-refractivity contribution in [1.29, 1.82) is 0 Å². The maximum atomic E-state index is 13.9. The van der Waals surface area contributed by atoms with E-state index in [4.69, 9.17) is 10.5 Å². The van der Waals surface area contributed by atoms with Gasteiger partial charge in [0.2, 0.25) is 0 Å². The van der Waals surface area contributed by atoms with E-state index in [1.54, 1.807) is 0 Å². The quantitative estimate of drug-likeness (QED) is 0.909. The number of benzene rings is 1. The SMILES string of the molecule is CC1CCCC(Oc2c(F)cc(CCN)cc2F)C1. The molecular formula is C15H21F2NO. The van der Waals surface area contributed by atoms with Gasteiger partial charge in [-0.15, -0.1) is 0 Å². The standard InChI is InChI=1S/C15H21F2NO/c1-10-3-2-4-12(7-10)19-15-13(16)8-11(5-6-18)9-14(15)17/h8-10,12H,2-7,18H2,1H3. The minimum absolute atomic E-state index is 0.0758. The fourth-order valence-electron chi connectivity index (χ4n) is 2.69. The van der Waals surface area contributed by atoms with E-state index < -0.39 is 11.6 Å². The Morgan fingerprint density at radius 1 is 1.26 bits per heavy atom. The van der Waals surface area contributed by atoms with Crippen molar-refractivity contribution in [2.75, 3.05) is 6.54 Å². The molecule has 0 heterocycles. The molecule has 2 unspecified atom stereocenters. The average Bonchev–Trinajstić information content (AvgIpc) is 2.34. The summed E-state index contributed by atoms with van der Waals surface area (Å²) in [5.74, 6) is -0.926. The first-order chi connectivity index (χ1) is 9.10. The lowest BCUT2D eigenvalue weighted by molar-refractivity contribution is 0.118. The van der Waals surface area contributed by atoms with Gasteiger partial charge in [0, 0.05) is 0 Å². The van der Waals surface area contributed by atoms with Gasteiger partial charge in [-0.1, -0.05) is 13.3 Å². The van der Waals surface area contributed by atoms with Gasteiger partial charge in [-0.2, -0.15) is 0 Å². The third-order valence-corrected chi connectivity index (χ3v) is 3.66. The summed E-state index contributed by atoms with van der Waals surface area (Å²) in [7, 11) is 0. The Morgan fingerprint density at radius 3 is 2.53 bits per heavy atom. The first kappa shape index (κ1) is 14.3. The van der Waals surface area contributed by atoms with Crippen molar-refractivity contribution >= 4 is 0 Å². The van der Waals surface area contributed by atoms with Crippen LogP contribution < -0.4 is 10.5 Å². The summed E-state index contributed by atoms with van der Waals surface area (Å²) in [4.78, 5) is 0. The summed E-state index contributed by atoms with van der Waals surface area (Å²) >= 11 is 0. The molecule has 0 aliphatic heterocycles. The van der Waals surface area contributed by atoms with Crippen LogP contribution in [0, 0.1) is 17.6 Å². The van der Waals surface area contributed by atoms with Crippen LogP contribution in [0.25, 0.3) is 0 Å². The van der Waals surface area contributed by atoms with Crippen LogP contribution in [0.3, 0.4) is 0 Å². The van der Waals surface area contributed by atoms with Gasteiger partial charge in [0.15, 0.2) is 17.4 Å². The minimum atomic E-state index is -0.623. The third kappa shape index (κ3) is 3.66. The molecule has 1 aliphatic rings. The van der Waals surface area contributed by atoms with Crippen molar-refractivity contribution < 1.29 is 13.5 Å².